The number of fused-ring (bicyclic) bond motifs is 3. The van der Waals surface area contributed by atoms with Gasteiger partial charge < -0.3 is 31.5 Å². The Morgan fingerprint density at radius 2 is 1.75 bits per heavy atom. The van der Waals surface area contributed by atoms with Crippen molar-refractivity contribution in [3.8, 4) is 17.0 Å². The first-order valence-electron chi connectivity index (χ1n) is 13.8. The molecule has 11 nitrogen and oxygen atoms in total. The Bertz CT molecular complexity index is 1800. The summed E-state index contributed by atoms with van der Waals surface area (Å²) in [4.78, 5) is 45.6. The first-order chi connectivity index (χ1) is 20.8. The molecule has 228 valence electrons. The number of carbonyl (C=O) groups is 3. The third kappa shape index (κ3) is 4.30. The van der Waals surface area contributed by atoms with Gasteiger partial charge in [-0.2, -0.15) is 0 Å². The molecular formula is C31H29FN4O7S. The third-order valence-electron chi connectivity index (χ3n) is 8.88. The molecule has 6 atom stereocenters. The Morgan fingerprint density at radius 3 is 2.39 bits per heavy atom. The van der Waals surface area contributed by atoms with Gasteiger partial charge in [-0.25, -0.2) is 9.37 Å². The molecule has 1 saturated carbocycles. The molecule has 1 aromatic heterocycles. The van der Waals surface area contributed by atoms with E-state index in [1.165, 1.54) is 28.4 Å². The fraction of sp³-hybridized carbons (Fsp3) is 0.290. The number of phenolic OH excluding ortho intramolecular Hbond substituents is 1. The lowest BCUT2D eigenvalue weighted by Gasteiger charge is -2.50. The minimum Gasteiger partial charge on any atom is -0.510 e. The van der Waals surface area contributed by atoms with Gasteiger partial charge in [0.1, 0.15) is 28.7 Å². The molecule has 3 aliphatic rings. The first-order valence-corrected chi connectivity index (χ1v) is 14.6. The number of aromatic hydroxyl groups is 1. The van der Waals surface area contributed by atoms with Gasteiger partial charge in [0, 0.05) is 28.4 Å². The Kier molecular flexibility index (Phi) is 7.06. The number of likely N-dealkylation sites (N-methyl/N-ethyl adjacent to an activating group) is 1. The zero-order valence-electron chi connectivity index (χ0n) is 23.8. The van der Waals surface area contributed by atoms with Crippen LogP contribution in [0.3, 0.4) is 0 Å². The lowest BCUT2D eigenvalue weighted by Crippen LogP contribution is -2.61. The highest BCUT2D eigenvalue weighted by molar-refractivity contribution is 7.14. The number of hydrogen-bond acceptors (Lipinski definition) is 11. The van der Waals surface area contributed by atoms with E-state index in [1.807, 2.05) is 0 Å². The molecule has 6 rings (SSSR count). The molecule has 3 aliphatic carbocycles. The van der Waals surface area contributed by atoms with Crippen LogP contribution in [0.2, 0.25) is 0 Å². The highest BCUT2D eigenvalue weighted by Gasteiger charge is 2.60. The molecule has 1 fully saturated rings. The first kappa shape index (κ1) is 29.5. The number of aliphatic hydroxyl groups excluding tert-OH is 3. The maximum atomic E-state index is 14.1. The van der Waals surface area contributed by atoms with Crippen molar-refractivity contribution >= 4 is 45.4 Å². The van der Waals surface area contributed by atoms with Gasteiger partial charge >= 0.3 is 0 Å². The number of nitrogens with two attached hydrogens (primary N) is 1. The van der Waals surface area contributed by atoms with Gasteiger partial charge in [0.2, 0.25) is 0 Å². The maximum Gasteiger partial charge on any atom is 0.255 e. The molecule has 0 spiro atoms. The predicted octanol–water partition coefficient (Wildman–Crippen LogP) is 3.39. The summed E-state index contributed by atoms with van der Waals surface area (Å²) in [6.45, 7) is 1.73. The van der Waals surface area contributed by atoms with E-state index in [-0.39, 0.29) is 28.4 Å². The number of hydrogen-bond donors (Lipinski definition) is 6. The van der Waals surface area contributed by atoms with Crippen LogP contribution >= 0.6 is 11.3 Å². The number of rotatable bonds is 5. The zero-order valence-corrected chi connectivity index (χ0v) is 24.6. The van der Waals surface area contributed by atoms with Crippen LogP contribution in [0.5, 0.6) is 5.75 Å². The van der Waals surface area contributed by atoms with Gasteiger partial charge in [-0.15, -0.1) is 11.3 Å². The van der Waals surface area contributed by atoms with E-state index >= 15 is 0 Å². The summed E-state index contributed by atoms with van der Waals surface area (Å²) >= 11 is 1.23. The zero-order chi connectivity index (χ0) is 31.8. The summed E-state index contributed by atoms with van der Waals surface area (Å²) in [6, 6.07) is 8.00. The number of benzene rings is 2. The number of aliphatic hydroxyl groups is 3. The lowest BCUT2D eigenvalue weighted by molar-refractivity contribution is -0.143. The van der Waals surface area contributed by atoms with Gasteiger partial charge in [0.05, 0.1) is 35.0 Å². The molecule has 0 aliphatic heterocycles. The van der Waals surface area contributed by atoms with Gasteiger partial charge in [0.25, 0.3) is 5.91 Å². The molecule has 3 aromatic rings. The summed E-state index contributed by atoms with van der Waals surface area (Å²) in [5, 5.41) is 50.7. The molecule has 0 bridgehead atoms. The van der Waals surface area contributed by atoms with Crippen LogP contribution in [0.25, 0.3) is 17.0 Å². The van der Waals surface area contributed by atoms with Crippen molar-refractivity contribution in [1.29, 1.82) is 0 Å². The molecule has 44 heavy (non-hydrogen) atoms. The average molecular weight is 621 g/mol. The highest BCUT2D eigenvalue weighted by Crippen LogP contribution is 2.55. The Morgan fingerprint density at radius 1 is 1.07 bits per heavy atom. The quantitative estimate of drug-likeness (QED) is 0.140. The standard InChI is InChI=1S/C31H29FN4O7S/c1-11-14-8-9-15(34-31-35-16(10-44-31)12-4-6-13(32)7-5-12)24(37)18(14)26(39)20-17(11)25(38)19-21(27(20)40)28(41)22(30(33)43)29(42)23(19)36(2)3/h4-11,17,19,21,23,25,37-39,42H,1-3H3,(H2,33,43)(H,34,35)/t11-,17?,19?,21?,23-,25?/m0/s1. The summed E-state index contributed by atoms with van der Waals surface area (Å²) < 4.78 is 13.3. The topological polar surface area (TPSA) is 186 Å². The second-order valence-corrected chi connectivity index (χ2v) is 12.3. The number of amides is 1. The molecule has 4 unspecified atom stereocenters. The van der Waals surface area contributed by atoms with Crippen LogP contribution in [-0.2, 0) is 14.4 Å². The molecule has 1 amide bonds. The number of anilines is 2. The van der Waals surface area contributed by atoms with Crippen molar-refractivity contribution in [3.05, 3.63) is 75.6 Å². The van der Waals surface area contributed by atoms with Gasteiger partial charge in [-0.05, 0) is 55.9 Å². The Balaban J connectivity index is 1.41. The molecule has 0 radical (unpaired) electrons. The van der Waals surface area contributed by atoms with Crippen molar-refractivity contribution < 1.29 is 39.2 Å². The Hall–Kier alpha value is -4.59. The van der Waals surface area contributed by atoms with E-state index in [1.54, 1.807) is 50.7 Å². The van der Waals surface area contributed by atoms with Crippen molar-refractivity contribution in [1.82, 2.24) is 9.88 Å². The van der Waals surface area contributed by atoms with E-state index in [9.17, 15) is 39.2 Å². The number of primary amides is 1. The lowest BCUT2D eigenvalue weighted by atomic mass is 9.56. The molecule has 0 saturated heterocycles. The van der Waals surface area contributed by atoms with Crippen LogP contribution in [0.1, 0.15) is 24.0 Å². The summed E-state index contributed by atoms with van der Waals surface area (Å²) in [5.74, 6) is -9.32. The van der Waals surface area contributed by atoms with Crippen molar-refractivity contribution in [3.63, 3.8) is 0 Å². The molecule has 1 heterocycles. The Labute approximate surface area is 254 Å². The van der Waals surface area contributed by atoms with E-state index < -0.39 is 70.4 Å². The second-order valence-electron chi connectivity index (χ2n) is 11.5. The summed E-state index contributed by atoms with van der Waals surface area (Å²) in [7, 11) is 3.15. The van der Waals surface area contributed by atoms with Crippen molar-refractivity contribution in [2.24, 2.45) is 23.5 Å². The van der Waals surface area contributed by atoms with Crippen LogP contribution in [0.4, 0.5) is 15.2 Å². The normalized spacial score (nSPS) is 26.4. The van der Waals surface area contributed by atoms with Crippen LogP contribution < -0.4 is 11.1 Å². The number of phenols is 1. The maximum absolute atomic E-state index is 14.1. The number of nitrogens with zero attached hydrogens (tertiary/aromatic N) is 2. The summed E-state index contributed by atoms with van der Waals surface area (Å²) in [6.07, 6.45) is -1.40. The summed E-state index contributed by atoms with van der Waals surface area (Å²) in [5.41, 5.74) is 6.31. The van der Waals surface area contributed by atoms with Crippen LogP contribution in [0, 0.1) is 23.6 Å². The molecule has 7 N–H and O–H groups in total. The number of carbonyl (C=O) groups excluding carboxylic acids is 3. The second kappa shape index (κ2) is 10.5. The smallest absolute Gasteiger partial charge is 0.255 e. The van der Waals surface area contributed by atoms with Crippen LogP contribution in [0.15, 0.2) is 58.7 Å². The SMILES string of the molecule is C[C@H]1c2ccc(Nc3nc(-c4ccc(F)cc4)cs3)c(O)c2C(O)=C2C(=O)C3C(=O)C(C(N)=O)=C(O)[C@@H](N(C)C)C3C(O)C21. The van der Waals surface area contributed by atoms with E-state index in [0.29, 0.717) is 22.0 Å². The molecular weight excluding hydrogens is 591 g/mol. The largest absolute Gasteiger partial charge is 0.510 e. The number of halogens is 1. The number of Topliss-reactive ketones (excluding diaryl/α,β-unsaturated/α-hetero) is 2. The predicted molar refractivity (Wildman–Crippen MR) is 160 cm³/mol. The minimum atomic E-state index is -1.60. The fourth-order valence-electron chi connectivity index (χ4n) is 6.91. The van der Waals surface area contributed by atoms with Gasteiger partial charge in [-0.1, -0.05) is 13.0 Å². The fourth-order valence-corrected chi connectivity index (χ4v) is 7.64. The van der Waals surface area contributed by atoms with Gasteiger partial charge in [0.15, 0.2) is 16.7 Å². The van der Waals surface area contributed by atoms with E-state index in [4.69, 9.17) is 5.73 Å². The number of aromatic nitrogens is 1. The molecule has 13 heteroatoms. The average Bonchev–Trinajstić information content (AvgIpc) is 3.42. The highest BCUT2D eigenvalue weighted by atomic mass is 32.1. The minimum absolute atomic E-state index is 0.0380. The van der Waals surface area contributed by atoms with Crippen LogP contribution in [-0.4, -0.2) is 74.0 Å². The van der Waals surface area contributed by atoms with Crippen molar-refractivity contribution in [2.45, 2.75) is 25.0 Å². The van der Waals surface area contributed by atoms with E-state index in [0.717, 1.165) is 0 Å². The monoisotopic (exact) mass is 620 g/mol. The van der Waals surface area contributed by atoms with Gasteiger partial charge in [-0.3, -0.25) is 19.3 Å². The van der Waals surface area contributed by atoms with Crippen molar-refractivity contribution in [2.75, 3.05) is 19.4 Å². The number of ketones is 2. The van der Waals surface area contributed by atoms with E-state index in [2.05, 4.69) is 10.3 Å². The number of thiazole rings is 1. The number of nitrogens with one attached hydrogen (secondary N) is 1. The third-order valence-corrected chi connectivity index (χ3v) is 9.64. The molecule has 2 aromatic carbocycles.